The summed E-state index contributed by atoms with van der Waals surface area (Å²) >= 11 is 4.70. The van der Waals surface area contributed by atoms with Gasteiger partial charge in [0, 0.05) is 21.2 Å². The number of esters is 1. The number of carbonyl (C=O) groups excluding carboxylic acids is 2. The van der Waals surface area contributed by atoms with E-state index in [1.165, 1.54) is 4.57 Å². The molecule has 1 aromatic heterocycles. The van der Waals surface area contributed by atoms with Gasteiger partial charge in [-0.05, 0) is 36.8 Å². The van der Waals surface area contributed by atoms with E-state index in [9.17, 15) is 14.4 Å². The number of hydrogen-bond acceptors (Lipinski definition) is 7. The van der Waals surface area contributed by atoms with Gasteiger partial charge in [-0.2, -0.15) is 0 Å². The highest BCUT2D eigenvalue weighted by molar-refractivity contribution is 9.10. The third kappa shape index (κ3) is 5.33. The topological polar surface area (TPSA) is 90.2 Å². The number of hydrogen-bond donors (Lipinski definition) is 0. The Bertz CT molecular complexity index is 2260. The highest BCUT2D eigenvalue weighted by Crippen LogP contribution is 2.40. The van der Waals surface area contributed by atoms with Gasteiger partial charge < -0.3 is 14.4 Å². The average Bonchev–Trinajstić information content (AvgIpc) is 3.56. The van der Waals surface area contributed by atoms with Crippen molar-refractivity contribution in [3.05, 3.63) is 155 Å². The Kier molecular flexibility index (Phi) is 8.21. The minimum absolute atomic E-state index is 0.129. The normalized spacial score (nSPS) is 16.4. The summed E-state index contributed by atoms with van der Waals surface area (Å²) in [5.41, 5.74) is 4.07. The molecule has 10 heteroatoms. The first-order valence-electron chi connectivity index (χ1n) is 15.0. The van der Waals surface area contributed by atoms with Crippen LogP contribution in [0.2, 0.25) is 0 Å². The Hall–Kier alpha value is -5.06. The molecule has 1 atom stereocenters. The van der Waals surface area contributed by atoms with Crippen molar-refractivity contribution >= 4 is 56.1 Å². The van der Waals surface area contributed by atoms with Crippen LogP contribution in [0.25, 0.3) is 11.3 Å². The molecule has 8 nitrogen and oxygen atoms in total. The number of benzene rings is 4. The van der Waals surface area contributed by atoms with E-state index in [0.29, 0.717) is 45.1 Å². The highest BCUT2D eigenvalue weighted by Gasteiger charge is 2.39. The minimum Gasteiger partial charge on any atom is -0.496 e. The lowest BCUT2D eigenvalue weighted by molar-refractivity contribution is -0.138. The number of para-hydroxylation sites is 1. The summed E-state index contributed by atoms with van der Waals surface area (Å²) in [5.74, 6) is -0.398. The number of thiazole rings is 1. The molecule has 0 radical (unpaired) electrons. The zero-order valence-corrected chi connectivity index (χ0v) is 27.9. The largest absolute Gasteiger partial charge is 0.496 e. The van der Waals surface area contributed by atoms with Crippen molar-refractivity contribution in [3.8, 4) is 5.75 Å². The van der Waals surface area contributed by atoms with Crippen molar-refractivity contribution in [3.63, 3.8) is 0 Å². The van der Waals surface area contributed by atoms with Gasteiger partial charge in [-0.25, -0.2) is 9.79 Å². The second-order valence-corrected chi connectivity index (χ2v) is 12.8. The summed E-state index contributed by atoms with van der Waals surface area (Å²) in [6.45, 7) is 2.21. The van der Waals surface area contributed by atoms with Crippen LogP contribution in [-0.2, 0) is 20.9 Å². The van der Waals surface area contributed by atoms with Crippen LogP contribution in [0.4, 0.5) is 5.69 Å². The number of nitrogens with zero attached hydrogens (tertiary/aromatic N) is 3. The second kappa shape index (κ2) is 12.6. The number of aromatic nitrogens is 1. The first-order valence-corrected chi connectivity index (χ1v) is 16.6. The van der Waals surface area contributed by atoms with Gasteiger partial charge in [0.2, 0.25) is 0 Å². The van der Waals surface area contributed by atoms with E-state index in [-0.39, 0.29) is 22.6 Å². The van der Waals surface area contributed by atoms with Crippen molar-refractivity contribution in [1.82, 2.24) is 4.57 Å². The third-order valence-electron chi connectivity index (χ3n) is 8.17. The van der Waals surface area contributed by atoms with Gasteiger partial charge in [0.25, 0.3) is 11.5 Å². The van der Waals surface area contributed by atoms with Crippen LogP contribution in [-0.4, -0.2) is 30.2 Å². The quantitative estimate of drug-likeness (QED) is 0.205. The number of rotatable bonds is 7. The molecule has 7 rings (SSSR count). The fourth-order valence-corrected chi connectivity index (χ4v) is 7.60. The van der Waals surface area contributed by atoms with Crippen molar-refractivity contribution < 1.29 is 19.1 Å². The number of fused-ring (bicyclic) bond motifs is 2. The SMILES string of the molecule is CCOC(=O)C1=C(c2ccccc2)N=c2s/c(=C3/C(=O)N(Cc4ccccc4)c4ccccc43)c(=O)n2[C@@H]1c1cc(Br)ccc1OC. The third-order valence-corrected chi connectivity index (χ3v) is 9.72. The number of anilines is 1. The maximum atomic E-state index is 14.8. The smallest absolute Gasteiger partial charge is 0.338 e. The molecule has 2 aliphatic rings. The summed E-state index contributed by atoms with van der Waals surface area (Å²) in [6.07, 6.45) is 0. The zero-order chi connectivity index (χ0) is 32.7. The molecular weight excluding hydrogens is 678 g/mol. The predicted octanol–water partition coefficient (Wildman–Crippen LogP) is 5.62. The molecule has 1 amide bonds. The Morgan fingerprint density at radius 2 is 1.64 bits per heavy atom. The van der Waals surface area contributed by atoms with Crippen LogP contribution in [0, 0.1) is 0 Å². The zero-order valence-electron chi connectivity index (χ0n) is 25.5. The van der Waals surface area contributed by atoms with Gasteiger partial charge >= 0.3 is 5.97 Å². The molecule has 234 valence electrons. The molecule has 0 bridgehead atoms. The van der Waals surface area contributed by atoms with E-state index >= 15 is 0 Å². The molecule has 0 N–H and O–H groups in total. The van der Waals surface area contributed by atoms with Crippen molar-refractivity contribution in [2.45, 2.75) is 19.5 Å². The Labute approximate surface area is 282 Å². The molecule has 0 saturated carbocycles. The molecule has 0 saturated heterocycles. The summed E-state index contributed by atoms with van der Waals surface area (Å²) in [7, 11) is 1.54. The van der Waals surface area contributed by atoms with Crippen LogP contribution in [0.15, 0.2) is 123 Å². The Balaban J connectivity index is 1.54. The number of amides is 1. The van der Waals surface area contributed by atoms with Gasteiger partial charge in [-0.3, -0.25) is 14.2 Å². The minimum atomic E-state index is -0.963. The van der Waals surface area contributed by atoms with E-state index in [0.717, 1.165) is 27.1 Å². The molecule has 3 heterocycles. The molecule has 0 spiro atoms. The summed E-state index contributed by atoms with van der Waals surface area (Å²) in [4.78, 5) is 49.9. The van der Waals surface area contributed by atoms with Crippen molar-refractivity contribution in [2.24, 2.45) is 4.99 Å². The van der Waals surface area contributed by atoms with Crippen LogP contribution in [0.1, 0.15) is 35.2 Å². The van der Waals surface area contributed by atoms with Gasteiger partial charge in [-0.15, -0.1) is 0 Å². The first kappa shape index (κ1) is 30.6. The second-order valence-electron chi connectivity index (χ2n) is 10.9. The average molecular weight is 707 g/mol. The van der Waals surface area contributed by atoms with E-state index in [1.807, 2.05) is 97.1 Å². The van der Waals surface area contributed by atoms with Crippen molar-refractivity contribution in [2.75, 3.05) is 18.6 Å². The monoisotopic (exact) mass is 705 g/mol. The van der Waals surface area contributed by atoms with Crippen LogP contribution in [0.3, 0.4) is 0 Å². The fourth-order valence-electron chi connectivity index (χ4n) is 6.13. The molecule has 0 aliphatic carbocycles. The van der Waals surface area contributed by atoms with Gasteiger partial charge in [-0.1, -0.05) is 106 Å². The highest BCUT2D eigenvalue weighted by atomic mass is 79.9. The molecule has 47 heavy (non-hydrogen) atoms. The molecule has 0 fully saturated rings. The van der Waals surface area contributed by atoms with Gasteiger partial charge in [0.15, 0.2) is 4.80 Å². The van der Waals surface area contributed by atoms with Gasteiger partial charge in [0.1, 0.15) is 16.3 Å². The Morgan fingerprint density at radius 1 is 0.936 bits per heavy atom. The van der Waals surface area contributed by atoms with Crippen LogP contribution < -0.4 is 24.5 Å². The number of methoxy groups -OCH3 is 1. The maximum absolute atomic E-state index is 14.8. The Morgan fingerprint density at radius 3 is 2.36 bits per heavy atom. The predicted molar refractivity (Wildman–Crippen MR) is 185 cm³/mol. The lowest BCUT2D eigenvalue weighted by Crippen LogP contribution is -2.41. The summed E-state index contributed by atoms with van der Waals surface area (Å²) in [5, 5.41) is 0. The molecule has 5 aromatic rings. The van der Waals surface area contributed by atoms with Gasteiger partial charge in [0.05, 0.1) is 42.8 Å². The number of ether oxygens (including phenoxy) is 2. The standard InChI is InChI=1S/C37H28BrN3O5S/c1-3-46-36(44)30-31(23-14-8-5-9-15-23)39-37-41(32(30)26-20-24(38)18-19-28(26)45-2)35(43)33(47-37)29-25-16-10-11-17-27(25)40(34(29)42)21-22-12-6-4-7-13-22/h4-20,32H,3,21H2,1-2H3/b33-29+/t32-/m1/s1. The van der Waals surface area contributed by atoms with E-state index in [1.54, 1.807) is 25.0 Å². The van der Waals surface area contributed by atoms with Crippen LogP contribution in [0.5, 0.6) is 5.75 Å². The molecule has 4 aromatic carbocycles. The van der Waals surface area contributed by atoms with E-state index in [2.05, 4.69) is 15.9 Å². The van der Waals surface area contributed by atoms with E-state index < -0.39 is 17.6 Å². The molecule has 2 aliphatic heterocycles. The summed E-state index contributed by atoms with van der Waals surface area (Å²) in [6, 6.07) is 31.0. The lowest BCUT2D eigenvalue weighted by atomic mass is 9.92. The first-order chi connectivity index (χ1) is 22.9. The summed E-state index contributed by atoms with van der Waals surface area (Å²) < 4.78 is 13.8. The fraction of sp³-hybridized carbons (Fsp3) is 0.135. The van der Waals surface area contributed by atoms with Crippen molar-refractivity contribution in [1.29, 1.82) is 0 Å². The molecule has 0 unspecified atom stereocenters. The molecular formula is C37H28BrN3O5S. The number of halogens is 1. The lowest BCUT2D eigenvalue weighted by Gasteiger charge is -2.27. The number of carbonyl (C=O) groups is 2. The van der Waals surface area contributed by atoms with Crippen LogP contribution >= 0.6 is 27.3 Å². The maximum Gasteiger partial charge on any atom is 0.338 e. The van der Waals surface area contributed by atoms with E-state index in [4.69, 9.17) is 14.5 Å².